The van der Waals surface area contributed by atoms with Gasteiger partial charge in [0.25, 0.3) is 5.91 Å². The number of nitrogens with zero attached hydrogens (tertiary/aromatic N) is 2. The van der Waals surface area contributed by atoms with Gasteiger partial charge in [0.1, 0.15) is 0 Å². The minimum atomic E-state index is 0.00181. The average Bonchev–Trinajstić information content (AvgIpc) is 2.77. The number of ether oxygens (including phenoxy) is 2. The third-order valence-corrected chi connectivity index (χ3v) is 5.75. The average molecular weight is 394 g/mol. The highest BCUT2D eigenvalue weighted by atomic mass is 16.5. The third-order valence-electron chi connectivity index (χ3n) is 5.75. The van der Waals surface area contributed by atoms with E-state index in [2.05, 4.69) is 0 Å². The second kappa shape index (κ2) is 8.15. The minimum absolute atomic E-state index is 0.00181. The summed E-state index contributed by atoms with van der Waals surface area (Å²) in [4.78, 5) is 28.8. The molecule has 0 aliphatic carbocycles. The lowest BCUT2D eigenvalue weighted by Crippen LogP contribution is -2.36. The summed E-state index contributed by atoms with van der Waals surface area (Å²) in [6.45, 7) is 1.95. The molecule has 0 unspecified atom stereocenters. The zero-order chi connectivity index (χ0) is 20.4. The fourth-order valence-corrected chi connectivity index (χ4v) is 4.10. The molecule has 29 heavy (non-hydrogen) atoms. The van der Waals surface area contributed by atoms with Gasteiger partial charge < -0.3 is 19.3 Å². The molecule has 0 N–H and O–H groups in total. The second-order valence-corrected chi connectivity index (χ2v) is 7.50. The Hall–Kier alpha value is -3.02. The van der Waals surface area contributed by atoms with Crippen molar-refractivity contribution >= 4 is 17.5 Å². The SMILES string of the molecule is COc1cc2c(cc1OC)CN(C(=O)c1ccc(N3CCCCC3=O)cc1)CC2. The van der Waals surface area contributed by atoms with Crippen molar-refractivity contribution in [2.24, 2.45) is 0 Å². The Bertz CT molecular complexity index is 923. The molecule has 0 bridgehead atoms. The largest absolute Gasteiger partial charge is 0.493 e. The van der Waals surface area contributed by atoms with Crippen molar-refractivity contribution in [2.45, 2.75) is 32.2 Å². The maximum absolute atomic E-state index is 13.0. The molecule has 0 radical (unpaired) electrons. The van der Waals surface area contributed by atoms with Crippen LogP contribution in [0.1, 0.15) is 40.7 Å². The fraction of sp³-hybridized carbons (Fsp3) is 0.391. The molecule has 2 aliphatic rings. The summed E-state index contributed by atoms with van der Waals surface area (Å²) in [6.07, 6.45) is 3.36. The summed E-state index contributed by atoms with van der Waals surface area (Å²) in [6, 6.07) is 11.4. The van der Waals surface area contributed by atoms with Crippen LogP contribution in [0, 0.1) is 0 Å². The van der Waals surface area contributed by atoms with Crippen molar-refractivity contribution in [3.63, 3.8) is 0 Å². The number of benzene rings is 2. The maximum Gasteiger partial charge on any atom is 0.254 e. The topological polar surface area (TPSA) is 59.1 Å². The van der Waals surface area contributed by atoms with E-state index in [0.717, 1.165) is 37.1 Å². The highest BCUT2D eigenvalue weighted by Gasteiger charge is 2.24. The molecule has 0 aromatic heterocycles. The number of hydrogen-bond donors (Lipinski definition) is 0. The predicted octanol–water partition coefficient (Wildman–Crippen LogP) is 3.42. The van der Waals surface area contributed by atoms with E-state index in [1.807, 2.05) is 46.2 Å². The first-order valence-electron chi connectivity index (χ1n) is 10.0. The summed E-state index contributed by atoms with van der Waals surface area (Å²) < 4.78 is 10.8. The van der Waals surface area contributed by atoms with Crippen LogP contribution in [0.4, 0.5) is 5.69 Å². The summed E-state index contributed by atoms with van der Waals surface area (Å²) in [7, 11) is 3.24. The fourth-order valence-electron chi connectivity index (χ4n) is 4.10. The van der Waals surface area contributed by atoms with Crippen LogP contribution in [0.2, 0.25) is 0 Å². The molecule has 2 aromatic carbocycles. The Morgan fingerprint density at radius 1 is 0.897 bits per heavy atom. The Kier molecular flexibility index (Phi) is 5.43. The molecule has 2 amide bonds. The Labute approximate surface area is 171 Å². The standard InChI is InChI=1S/C23H26N2O4/c1-28-20-13-17-10-12-24(15-18(17)14-21(20)29-2)23(27)16-6-8-19(9-7-16)25-11-4-3-5-22(25)26/h6-9,13-14H,3-5,10-12,15H2,1-2H3. The number of methoxy groups -OCH3 is 2. The van der Waals surface area contributed by atoms with Gasteiger partial charge in [-0.05, 0) is 66.8 Å². The Morgan fingerprint density at radius 2 is 1.59 bits per heavy atom. The molecule has 0 atom stereocenters. The molecule has 152 valence electrons. The van der Waals surface area contributed by atoms with Gasteiger partial charge in [0, 0.05) is 37.3 Å². The number of anilines is 1. The van der Waals surface area contributed by atoms with Crippen LogP contribution >= 0.6 is 0 Å². The number of amides is 2. The van der Waals surface area contributed by atoms with E-state index in [-0.39, 0.29) is 11.8 Å². The minimum Gasteiger partial charge on any atom is -0.493 e. The number of hydrogen-bond acceptors (Lipinski definition) is 4. The molecular formula is C23H26N2O4. The van der Waals surface area contributed by atoms with E-state index in [1.54, 1.807) is 14.2 Å². The number of rotatable bonds is 4. The smallest absolute Gasteiger partial charge is 0.254 e. The van der Waals surface area contributed by atoms with Gasteiger partial charge in [-0.2, -0.15) is 0 Å². The Balaban J connectivity index is 1.50. The van der Waals surface area contributed by atoms with E-state index in [4.69, 9.17) is 9.47 Å². The first-order valence-corrected chi connectivity index (χ1v) is 10.0. The van der Waals surface area contributed by atoms with Gasteiger partial charge >= 0.3 is 0 Å². The number of carbonyl (C=O) groups is 2. The van der Waals surface area contributed by atoms with Crippen LogP contribution in [0.5, 0.6) is 11.5 Å². The second-order valence-electron chi connectivity index (χ2n) is 7.50. The van der Waals surface area contributed by atoms with Crippen LogP contribution in [0.25, 0.3) is 0 Å². The molecule has 4 rings (SSSR count). The van der Waals surface area contributed by atoms with Crippen LogP contribution in [-0.2, 0) is 17.8 Å². The molecule has 2 aliphatic heterocycles. The number of fused-ring (bicyclic) bond motifs is 1. The molecule has 2 aromatic rings. The third kappa shape index (κ3) is 3.79. The molecule has 1 saturated heterocycles. The van der Waals surface area contributed by atoms with Crippen molar-refractivity contribution < 1.29 is 19.1 Å². The molecule has 0 spiro atoms. The molecular weight excluding hydrogens is 368 g/mol. The van der Waals surface area contributed by atoms with Crippen molar-refractivity contribution in [3.8, 4) is 11.5 Å². The van der Waals surface area contributed by atoms with Crippen molar-refractivity contribution in [2.75, 3.05) is 32.2 Å². The summed E-state index contributed by atoms with van der Waals surface area (Å²) >= 11 is 0. The zero-order valence-electron chi connectivity index (χ0n) is 16.9. The van der Waals surface area contributed by atoms with Crippen molar-refractivity contribution in [1.82, 2.24) is 4.90 Å². The first-order chi connectivity index (χ1) is 14.1. The van der Waals surface area contributed by atoms with Gasteiger partial charge in [-0.25, -0.2) is 0 Å². The molecule has 6 heteroatoms. The molecule has 6 nitrogen and oxygen atoms in total. The lowest BCUT2D eigenvalue weighted by Gasteiger charge is -2.30. The highest BCUT2D eigenvalue weighted by molar-refractivity contribution is 5.97. The monoisotopic (exact) mass is 394 g/mol. The van der Waals surface area contributed by atoms with Gasteiger partial charge in [0.2, 0.25) is 5.91 Å². The van der Waals surface area contributed by atoms with E-state index >= 15 is 0 Å². The van der Waals surface area contributed by atoms with Crippen molar-refractivity contribution in [1.29, 1.82) is 0 Å². The lowest BCUT2D eigenvalue weighted by molar-refractivity contribution is -0.119. The normalized spacial score (nSPS) is 16.4. The van der Waals surface area contributed by atoms with E-state index in [0.29, 0.717) is 36.6 Å². The van der Waals surface area contributed by atoms with Gasteiger partial charge in [0.05, 0.1) is 14.2 Å². The Morgan fingerprint density at radius 3 is 2.24 bits per heavy atom. The van der Waals surface area contributed by atoms with Gasteiger partial charge in [-0.15, -0.1) is 0 Å². The van der Waals surface area contributed by atoms with Gasteiger partial charge in [-0.1, -0.05) is 0 Å². The van der Waals surface area contributed by atoms with E-state index in [9.17, 15) is 9.59 Å². The summed E-state index contributed by atoms with van der Waals surface area (Å²) in [5, 5.41) is 0. The summed E-state index contributed by atoms with van der Waals surface area (Å²) in [5.41, 5.74) is 3.78. The molecule has 1 fully saturated rings. The number of piperidine rings is 1. The first kappa shape index (κ1) is 19.3. The summed E-state index contributed by atoms with van der Waals surface area (Å²) in [5.74, 6) is 1.55. The highest BCUT2D eigenvalue weighted by Crippen LogP contribution is 2.33. The maximum atomic E-state index is 13.0. The zero-order valence-corrected chi connectivity index (χ0v) is 16.9. The quantitative estimate of drug-likeness (QED) is 0.797. The molecule has 2 heterocycles. The van der Waals surface area contributed by atoms with Crippen LogP contribution in [0.15, 0.2) is 36.4 Å². The van der Waals surface area contributed by atoms with Crippen molar-refractivity contribution in [3.05, 3.63) is 53.1 Å². The van der Waals surface area contributed by atoms with Gasteiger partial charge in [-0.3, -0.25) is 9.59 Å². The van der Waals surface area contributed by atoms with Crippen LogP contribution < -0.4 is 14.4 Å². The lowest BCUT2D eigenvalue weighted by atomic mass is 9.98. The van der Waals surface area contributed by atoms with Crippen LogP contribution in [-0.4, -0.2) is 44.0 Å². The van der Waals surface area contributed by atoms with Gasteiger partial charge in [0.15, 0.2) is 11.5 Å². The van der Waals surface area contributed by atoms with Crippen LogP contribution in [0.3, 0.4) is 0 Å². The molecule has 0 saturated carbocycles. The predicted molar refractivity (Wildman–Crippen MR) is 111 cm³/mol. The van der Waals surface area contributed by atoms with E-state index in [1.165, 1.54) is 5.56 Å². The number of carbonyl (C=O) groups excluding carboxylic acids is 2. The van der Waals surface area contributed by atoms with E-state index < -0.39 is 0 Å².